The Morgan fingerprint density at radius 3 is 2.73 bits per heavy atom. The molecule has 0 atom stereocenters. The van der Waals surface area contributed by atoms with Crippen molar-refractivity contribution in [3.05, 3.63) is 47.8 Å². The van der Waals surface area contributed by atoms with Gasteiger partial charge in [0.05, 0.1) is 0 Å². The zero-order valence-corrected chi connectivity index (χ0v) is 13.1. The Bertz CT molecular complexity index is 810. The fourth-order valence-corrected chi connectivity index (χ4v) is 3.93. The van der Waals surface area contributed by atoms with Gasteiger partial charge in [-0.3, -0.25) is 0 Å². The molecule has 0 spiro atoms. The number of hydrogen-bond donors (Lipinski definition) is 1. The quantitative estimate of drug-likeness (QED) is 0.733. The summed E-state index contributed by atoms with van der Waals surface area (Å²) in [5.74, 6) is 0.569. The van der Waals surface area contributed by atoms with Crippen LogP contribution in [0.15, 0.2) is 46.3 Å². The van der Waals surface area contributed by atoms with Gasteiger partial charge in [-0.05, 0) is 43.4 Å². The van der Waals surface area contributed by atoms with Crippen molar-refractivity contribution in [3.8, 4) is 0 Å². The van der Waals surface area contributed by atoms with Crippen molar-refractivity contribution in [1.82, 2.24) is 14.6 Å². The number of nitrogens with two attached hydrogens (primary N) is 1. The highest BCUT2D eigenvalue weighted by Gasteiger charge is 2.18. The van der Waals surface area contributed by atoms with E-state index in [1.165, 1.54) is 30.5 Å². The Balaban J connectivity index is 1.83. The van der Waals surface area contributed by atoms with Crippen LogP contribution in [0.1, 0.15) is 30.5 Å². The van der Waals surface area contributed by atoms with E-state index in [0.717, 1.165) is 28.3 Å². The van der Waals surface area contributed by atoms with Crippen molar-refractivity contribution in [3.63, 3.8) is 0 Å². The maximum absolute atomic E-state index is 6.18. The molecule has 0 radical (unpaired) electrons. The molecule has 0 saturated heterocycles. The van der Waals surface area contributed by atoms with Gasteiger partial charge in [0.25, 0.3) is 0 Å². The van der Waals surface area contributed by atoms with Gasteiger partial charge in [0, 0.05) is 16.8 Å². The first-order valence-electron chi connectivity index (χ1n) is 7.71. The third kappa shape index (κ3) is 2.35. The molecule has 2 N–H and O–H groups in total. The highest BCUT2D eigenvalue weighted by molar-refractivity contribution is 7.99. The fraction of sp³-hybridized carbons (Fsp3) is 0.294. The number of nitrogens with zero attached hydrogens (tertiary/aromatic N) is 3. The van der Waals surface area contributed by atoms with Gasteiger partial charge in [0.1, 0.15) is 4.90 Å². The van der Waals surface area contributed by atoms with Crippen LogP contribution in [0.25, 0.3) is 5.65 Å². The maximum atomic E-state index is 6.18. The Kier molecular flexibility index (Phi) is 3.50. The monoisotopic (exact) mass is 310 g/mol. The van der Waals surface area contributed by atoms with E-state index in [1.54, 1.807) is 11.8 Å². The van der Waals surface area contributed by atoms with Crippen molar-refractivity contribution in [1.29, 1.82) is 0 Å². The summed E-state index contributed by atoms with van der Waals surface area (Å²) in [5, 5.41) is 4.58. The normalized spacial score (nSPS) is 14.7. The van der Waals surface area contributed by atoms with Crippen LogP contribution in [0.2, 0.25) is 0 Å². The number of aromatic nitrogens is 3. The minimum absolute atomic E-state index is 0.569. The molecule has 3 aromatic rings. The average molecular weight is 310 g/mol. The van der Waals surface area contributed by atoms with Crippen molar-refractivity contribution < 1.29 is 0 Å². The van der Waals surface area contributed by atoms with Crippen molar-refractivity contribution >= 4 is 23.2 Å². The van der Waals surface area contributed by atoms with Crippen LogP contribution in [0.4, 0.5) is 5.82 Å². The summed E-state index contributed by atoms with van der Waals surface area (Å²) in [6.07, 6.45) is 7.91. The topological polar surface area (TPSA) is 56.2 Å². The molecule has 2 aromatic heterocycles. The molecule has 5 heteroatoms. The lowest BCUT2D eigenvalue weighted by Gasteiger charge is -2.07. The molecule has 4 rings (SSSR count). The van der Waals surface area contributed by atoms with E-state index in [2.05, 4.69) is 22.2 Å². The van der Waals surface area contributed by atoms with E-state index < -0.39 is 0 Å². The van der Waals surface area contributed by atoms with Gasteiger partial charge in [0.2, 0.25) is 0 Å². The number of hydrogen-bond acceptors (Lipinski definition) is 4. The number of fused-ring (bicyclic) bond motifs is 3. The molecule has 0 bridgehead atoms. The van der Waals surface area contributed by atoms with Crippen LogP contribution in [-0.2, 0) is 12.8 Å². The molecule has 0 aliphatic heterocycles. The smallest absolute Gasteiger partial charge is 0.171 e. The van der Waals surface area contributed by atoms with Gasteiger partial charge in [-0.15, -0.1) is 5.10 Å². The number of anilines is 1. The molecule has 0 saturated carbocycles. The molecular formula is C17H18N4S. The summed E-state index contributed by atoms with van der Waals surface area (Å²) in [6.45, 7) is 0. The second-order valence-corrected chi connectivity index (χ2v) is 6.74. The lowest BCUT2D eigenvalue weighted by atomic mass is 10.1. The molecule has 4 nitrogen and oxygen atoms in total. The van der Waals surface area contributed by atoms with E-state index in [0.29, 0.717) is 5.82 Å². The summed E-state index contributed by atoms with van der Waals surface area (Å²) in [4.78, 5) is 6.76. The van der Waals surface area contributed by atoms with E-state index in [-0.39, 0.29) is 0 Å². The van der Waals surface area contributed by atoms with Gasteiger partial charge in [-0.1, -0.05) is 36.4 Å². The van der Waals surface area contributed by atoms with E-state index in [4.69, 9.17) is 5.73 Å². The molecule has 22 heavy (non-hydrogen) atoms. The van der Waals surface area contributed by atoms with Crippen LogP contribution in [0.3, 0.4) is 0 Å². The van der Waals surface area contributed by atoms with Gasteiger partial charge in [-0.25, -0.2) is 9.50 Å². The molecule has 1 aromatic carbocycles. The van der Waals surface area contributed by atoms with Crippen LogP contribution < -0.4 is 5.73 Å². The molecule has 1 aliphatic carbocycles. The lowest BCUT2D eigenvalue weighted by Crippen LogP contribution is -2.04. The third-order valence-corrected chi connectivity index (χ3v) is 5.24. The Labute approximate surface area is 133 Å². The van der Waals surface area contributed by atoms with E-state index >= 15 is 0 Å². The number of rotatable bonds is 2. The van der Waals surface area contributed by atoms with E-state index in [9.17, 15) is 0 Å². The molecular weight excluding hydrogens is 292 g/mol. The molecule has 112 valence electrons. The van der Waals surface area contributed by atoms with Crippen LogP contribution in [-0.4, -0.2) is 14.6 Å². The zero-order chi connectivity index (χ0) is 14.9. The Morgan fingerprint density at radius 2 is 1.86 bits per heavy atom. The second kappa shape index (κ2) is 5.65. The maximum Gasteiger partial charge on any atom is 0.171 e. The first kappa shape index (κ1) is 13.6. The summed E-state index contributed by atoms with van der Waals surface area (Å²) in [5.41, 5.74) is 9.67. The minimum atomic E-state index is 0.569. The molecule has 2 heterocycles. The van der Waals surface area contributed by atoms with Crippen LogP contribution in [0.5, 0.6) is 0 Å². The van der Waals surface area contributed by atoms with Crippen LogP contribution in [0, 0.1) is 0 Å². The fourth-order valence-electron chi connectivity index (χ4n) is 3.03. The first-order chi connectivity index (χ1) is 10.8. The number of benzene rings is 1. The van der Waals surface area contributed by atoms with Gasteiger partial charge >= 0.3 is 0 Å². The Morgan fingerprint density at radius 1 is 1.05 bits per heavy atom. The Hall–Kier alpha value is -2.01. The van der Waals surface area contributed by atoms with Gasteiger partial charge in [0.15, 0.2) is 11.5 Å². The second-order valence-electron chi connectivity index (χ2n) is 5.66. The zero-order valence-electron chi connectivity index (χ0n) is 12.3. The molecule has 0 unspecified atom stereocenters. The highest BCUT2D eigenvalue weighted by Crippen LogP contribution is 2.35. The average Bonchev–Trinajstić information content (AvgIpc) is 2.74. The third-order valence-electron chi connectivity index (χ3n) is 4.14. The van der Waals surface area contributed by atoms with Crippen molar-refractivity contribution in [2.75, 3.05) is 5.73 Å². The number of aryl methyl sites for hydroxylation is 2. The lowest BCUT2D eigenvalue weighted by molar-refractivity contribution is 0.702. The SMILES string of the molecule is Nc1nn2c3c(cnc2c1Sc1ccccc1)CCCCC3. The van der Waals surface area contributed by atoms with Gasteiger partial charge < -0.3 is 5.73 Å². The standard InChI is InChI=1S/C17H18N4S/c18-16-15(22-13-8-4-2-5-9-13)17-19-11-12-7-3-1-6-10-14(12)21(17)20-16/h2,4-5,8-9,11H,1,3,6-7,10H2,(H2,18,20). The molecule has 1 aliphatic rings. The highest BCUT2D eigenvalue weighted by atomic mass is 32.2. The van der Waals surface area contributed by atoms with Gasteiger partial charge in [-0.2, -0.15) is 0 Å². The van der Waals surface area contributed by atoms with Crippen LogP contribution >= 0.6 is 11.8 Å². The largest absolute Gasteiger partial charge is 0.381 e. The minimum Gasteiger partial charge on any atom is -0.381 e. The predicted octanol–water partition coefficient (Wildman–Crippen LogP) is 3.73. The van der Waals surface area contributed by atoms with E-state index in [1.807, 2.05) is 28.9 Å². The van der Waals surface area contributed by atoms with Crippen molar-refractivity contribution in [2.45, 2.75) is 41.9 Å². The summed E-state index contributed by atoms with van der Waals surface area (Å²) in [7, 11) is 0. The molecule has 0 amide bonds. The van der Waals surface area contributed by atoms with Crippen molar-refractivity contribution in [2.24, 2.45) is 0 Å². The predicted molar refractivity (Wildman–Crippen MR) is 89.2 cm³/mol. The summed E-state index contributed by atoms with van der Waals surface area (Å²) < 4.78 is 1.97. The summed E-state index contributed by atoms with van der Waals surface area (Å²) >= 11 is 1.64. The summed E-state index contributed by atoms with van der Waals surface area (Å²) in [6, 6.07) is 10.2. The molecule has 0 fully saturated rings. The number of nitrogen functional groups attached to an aromatic ring is 1. The first-order valence-corrected chi connectivity index (χ1v) is 8.52.